The average molecular weight is 306 g/mol. The molecule has 0 atom stereocenters. The Hall–Kier alpha value is -1.00. The SMILES string of the molecule is CSCCNC(=O)C1(C)CCN(Cc2ccccc2)CC1. The van der Waals surface area contributed by atoms with Gasteiger partial charge in [0.1, 0.15) is 0 Å². The van der Waals surface area contributed by atoms with Crippen LogP contribution in [0.3, 0.4) is 0 Å². The summed E-state index contributed by atoms with van der Waals surface area (Å²) in [5.41, 5.74) is 1.16. The Morgan fingerprint density at radius 2 is 1.95 bits per heavy atom. The van der Waals surface area contributed by atoms with Gasteiger partial charge in [0.05, 0.1) is 0 Å². The third kappa shape index (κ3) is 4.75. The third-order valence-corrected chi connectivity index (χ3v) is 4.96. The Morgan fingerprint density at radius 3 is 2.57 bits per heavy atom. The van der Waals surface area contributed by atoms with E-state index in [9.17, 15) is 4.79 Å². The maximum absolute atomic E-state index is 12.3. The van der Waals surface area contributed by atoms with Crippen molar-refractivity contribution in [1.82, 2.24) is 10.2 Å². The maximum Gasteiger partial charge on any atom is 0.226 e. The molecule has 1 aliphatic rings. The largest absolute Gasteiger partial charge is 0.355 e. The van der Waals surface area contributed by atoms with Crippen LogP contribution >= 0.6 is 11.8 Å². The van der Waals surface area contributed by atoms with Gasteiger partial charge in [0.2, 0.25) is 5.91 Å². The Balaban J connectivity index is 1.80. The molecule has 3 nitrogen and oxygen atoms in total. The normalized spacial score (nSPS) is 18.4. The molecule has 0 aliphatic carbocycles. The molecule has 1 amide bonds. The molecule has 1 saturated heterocycles. The lowest BCUT2D eigenvalue weighted by atomic mass is 9.79. The summed E-state index contributed by atoms with van der Waals surface area (Å²) in [4.78, 5) is 14.8. The van der Waals surface area contributed by atoms with Crippen LogP contribution in [0, 0.1) is 5.41 Å². The monoisotopic (exact) mass is 306 g/mol. The molecular formula is C17H26N2OS. The molecule has 21 heavy (non-hydrogen) atoms. The zero-order valence-electron chi connectivity index (χ0n) is 13.1. The van der Waals surface area contributed by atoms with E-state index in [2.05, 4.69) is 53.7 Å². The van der Waals surface area contributed by atoms with E-state index in [4.69, 9.17) is 0 Å². The molecule has 0 radical (unpaired) electrons. The van der Waals surface area contributed by atoms with Crippen molar-refractivity contribution in [2.24, 2.45) is 5.41 Å². The molecule has 1 aromatic carbocycles. The summed E-state index contributed by atoms with van der Waals surface area (Å²) < 4.78 is 0. The molecule has 0 saturated carbocycles. The molecule has 116 valence electrons. The van der Waals surface area contributed by atoms with Crippen molar-refractivity contribution >= 4 is 17.7 Å². The van der Waals surface area contributed by atoms with Crippen molar-refractivity contribution in [3.63, 3.8) is 0 Å². The fourth-order valence-electron chi connectivity index (χ4n) is 2.75. The second-order valence-electron chi connectivity index (χ2n) is 6.07. The highest BCUT2D eigenvalue weighted by Crippen LogP contribution is 2.31. The van der Waals surface area contributed by atoms with Gasteiger partial charge >= 0.3 is 0 Å². The number of hydrogen-bond donors (Lipinski definition) is 1. The number of rotatable bonds is 6. The van der Waals surface area contributed by atoms with Crippen LogP contribution in [0.1, 0.15) is 25.3 Å². The molecule has 1 N–H and O–H groups in total. The second kappa shape index (κ2) is 7.85. The second-order valence-corrected chi connectivity index (χ2v) is 7.06. The fraction of sp³-hybridized carbons (Fsp3) is 0.588. The van der Waals surface area contributed by atoms with Gasteiger partial charge in [0.25, 0.3) is 0 Å². The number of carbonyl (C=O) groups excluding carboxylic acids is 1. The van der Waals surface area contributed by atoms with E-state index in [-0.39, 0.29) is 11.3 Å². The van der Waals surface area contributed by atoms with Gasteiger partial charge in [-0.3, -0.25) is 9.69 Å². The number of hydrogen-bond acceptors (Lipinski definition) is 3. The molecule has 0 unspecified atom stereocenters. The van der Waals surface area contributed by atoms with Gasteiger partial charge in [0, 0.05) is 24.3 Å². The molecule has 1 aliphatic heterocycles. The molecule has 4 heteroatoms. The molecular weight excluding hydrogens is 280 g/mol. The van der Waals surface area contributed by atoms with Crippen LogP contribution in [0.4, 0.5) is 0 Å². The zero-order chi connectivity index (χ0) is 15.1. The van der Waals surface area contributed by atoms with Crippen molar-refractivity contribution < 1.29 is 4.79 Å². The lowest BCUT2D eigenvalue weighted by molar-refractivity contribution is -0.132. The highest BCUT2D eigenvalue weighted by atomic mass is 32.2. The van der Waals surface area contributed by atoms with Gasteiger partial charge in [-0.25, -0.2) is 0 Å². The van der Waals surface area contributed by atoms with E-state index < -0.39 is 0 Å². The minimum Gasteiger partial charge on any atom is -0.355 e. The Bertz CT molecular complexity index is 441. The number of carbonyl (C=O) groups is 1. The van der Waals surface area contributed by atoms with Gasteiger partial charge in [-0.15, -0.1) is 0 Å². The number of nitrogens with zero attached hydrogens (tertiary/aromatic N) is 1. The summed E-state index contributed by atoms with van der Waals surface area (Å²) in [6.45, 7) is 5.89. The highest BCUT2D eigenvalue weighted by molar-refractivity contribution is 7.98. The quantitative estimate of drug-likeness (QED) is 0.820. The summed E-state index contributed by atoms with van der Waals surface area (Å²) in [7, 11) is 0. The van der Waals surface area contributed by atoms with Crippen molar-refractivity contribution in [2.45, 2.75) is 26.3 Å². The van der Waals surface area contributed by atoms with Crippen molar-refractivity contribution in [3.8, 4) is 0 Å². The molecule has 1 fully saturated rings. The van der Waals surface area contributed by atoms with E-state index in [1.165, 1.54) is 5.56 Å². The first-order valence-corrected chi connectivity index (χ1v) is 9.07. The maximum atomic E-state index is 12.3. The highest BCUT2D eigenvalue weighted by Gasteiger charge is 2.36. The summed E-state index contributed by atoms with van der Waals surface area (Å²) in [6.07, 6.45) is 3.96. The third-order valence-electron chi connectivity index (χ3n) is 4.35. The topological polar surface area (TPSA) is 32.3 Å². The number of piperidine rings is 1. The van der Waals surface area contributed by atoms with Gasteiger partial charge < -0.3 is 5.32 Å². The average Bonchev–Trinajstić information content (AvgIpc) is 2.51. The fourth-order valence-corrected chi connectivity index (χ4v) is 3.06. The standard InChI is InChI=1S/C17H26N2OS/c1-17(16(20)18-10-13-21-2)8-11-19(12-9-17)14-15-6-4-3-5-7-15/h3-7H,8-14H2,1-2H3,(H,18,20). The molecule has 0 aromatic heterocycles. The number of nitrogens with one attached hydrogen (secondary N) is 1. The number of benzene rings is 1. The lowest BCUT2D eigenvalue weighted by Gasteiger charge is -2.38. The van der Waals surface area contributed by atoms with Gasteiger partial charge in [-0.1, -0.05) is 37.3 Å². The summed E-state index contributed by atoms with van der Waals surface area (Å²) >= 11 is 1.77. The Morgan fingerprint density at radius 1 is 1.29 bits per heavy atom. The van der Waals surface area contributed by atoms with Gasteiger partial charge in [-0.05, 0) is 37.8 Å². The van der Waals surface area contributed by atoms with Crippen LogP contribution in [0.5, 0.6) is 0 Å². The van der Waals surface area contributed by atoms with E-state index in [1.54, 1.807) is 11.8 Å². The first kappa shape index (κ1) is 16.4. The lowest BCUT2D eigenvalue weighted by Crippen LogP contribution is -2.47. The first-order valence-electron chi connectivity index (χ1n) is 7.67. The predicted octanol–water partition coefficient (Wildman–Crippen LogP) is 2.77. The van der Waals surface area contributed by atoms with Crippen LogP contribution in [0.2, 0.25) is 0 Å². The molecule has 0 bridgehead atoms. The van der Waals surface area contributed by atoms with Crippen LogP contribution < -0.4 is 5.32 Å². The molecule has 2 rings (SSSR count). The summed E-state index contributed by atoms with van der Waals surface area (Å²) in [5, 5.41) is 3.08. The van der Waals surface area contributed by atoms with E-state index in [0.717, 1.165) is 44.8 Å². The molecule has 0 spiro atoms. The zero-order valence-corrected chi connectivity index (χ0v) is 13.9. The van der Waals surface area contributed by atoms with E-state index in [1.807, 2.05) is 0 Å². The minimum atomic E-state index is -0.189. The summed E-state index contributed by atoms with van der Waals surface area (Å²) in [6, 6.07) is 10.6. The van der Waals surface area contributed by atoms with Crippen molar-refractivity contribution in [3.05, 3.63) is 35.9 Å². The smallest absolute Gasteiger partial charge is 0.226 e. The number of thioether (sulfide) groups is 1. The van der Waals surface area contributed by atoms with Crippen LogP contribution in [0.25, 0.3) is 0 Å². The van der Waals surface area contributed by atoms with E-state index in [0.29, 0.717) is 0 Å². The predicted molar refractivity (Wildman–Crippen MR) is 90.5 cm³/mol. The minimum absolute atomic E-state index is 0.189. The van der Waals surface area contributed by atoms with Crippen molar-refractivity contribution in [1.29, 1.82) is 0 Å². The van der Waals surface area contributed by atoms with Gasteiger partial charge in [0.15, 0.2) is 0 Å². The molecule has 1 aromatic rings. The molecule has 1 heterocycles. The Kier molecular flexibility index (Phi) is 6.12. The first-order chi connectivity index (χ1) is 10.1. The number of likely N-dealkylation sites (tertiary alicyclic amines) is 1. The van der Waals surface area contributed by atoms with Crippen LogP contribution in [-0.4, -0.2) is 42.4 Å². The summed E-state index contributed by atoms with van der Waals surface area (Å²) in [5.74, 6) is 1.22. The van der Waals surface area contributed by atoms with Crippen LogP contribution in [-0.2, 0) is 11.3 Å². The van der Waals surface area contributed by atoms with E-state index >= 15 is 0 Å². The van der Waals surface area contributed by atoms with Crippen molar-refractivity contribution in [2.75, 3.05) is 31.6 Å². The van der Waals surface area contributed by atoms with Crippen LogP contribution in [0.15, 0.2) is 30.3 Å². The Labute approximate surface area is 132 Å². The number of amides is 1. The van der Waals surface area contributed by atoms with Gasteiger partial charge in [-0.2, -0.15) is 11.8 Å².